The molecule has 1 rings (SSSR count). The topological polar surface area (TPSA) is 87.7 Å². The zero-order chi connectivity index (χ0) is 26.9. The molecule has 3 unspecified atom stereocenters. The van der Waals surface area contributed by atoms with E-state index in [0.29, 0.717) is 23.5 Å². The van der Waals surface area contributed by atoms with E-state index < -0.39 is 23.8 Å². The van der Waals surface area contributed by atoms with Crippen LogP contribution in [0, 0.1) is 18.3 Å². The van der Waals surface area contributed by atoms with Crippen LogP contribution in [0.5, 0.6) is 0 Å². The Bertz CT molecular complexity index is 894. The van der Waals surface area contributed by atoms with E-state index in [2.05, 4.69) is 30.4 Å². The van der Waals surface area contributed by atoms with Gasteiger partial charge in [-0.15, -0.1) is 6.42 Å². The highest BCUT2D eigenvalue weighted by Gasteiger charge is 2.37. The molecule has 7 heteroatoms. The number of carbonyl (C=O) groups is 3. The standard InChI is InChI=1S/C28H43N3O4/c1-11-22-14-16-23(17-15-22)24(25(32)29-19(4)5)31(20(6)13-12-18(2)3)26(33)21(7)30-27(34)35-28(8,9)10/h1,14-21,24H,12-13H2,2-10H3,(H,29,32)(H,30,34). The molecule has 7 nitrogen and oxygen atoms in total. The van der Waals surface area contributed by atoms with E-state index in [1.54, 1.807) is 56.9 Å². The lowest BCUT2D eigenvalue weighted by atomic mass is 9.96. The molecule has 35 heavy (non-hydrogen) atoms. The molecule has 0 saturated carbocycles. The summed E-state index contributed by atoms with van der Waals surface area (Å²) in [7, 11) is 0. The quantitative estimate of drug-likeness (QED) is 0.466. The summed E-state index contributed by atoms with van der Waals surface area (Å²) in [5, 5.41) is 5.58. The van der Waals surface area contributed by atoms with Crippen LogP contribution in [0.3, 0.4) is 0 Å². The van der Waals surface area contributed by atoms with Gasteiger partial charge in [0.25, 0.3) is 0 Å². The molecule has 0 aliphatic heterocycles. The van der Waals surface area contributed by atoms with Crippen molar-refractivity contribution < 1.29 is 19.1 Å². The van der Waals surface area contributed by atoms with Crippen molar-refractivity contribution in [3.8, 4) is 12.3 Å². The van der Waals surface area contributed by atoms with Crippen molar-refractivity contribution in [3.05, 3.63) is 35.4 Å². The smallest absolute Gasteiger partial charge is 0.408 e. The number of amides is 3. The van der Waals surface area contributed by atoms with E-state index >= 15 is 0 Å². The van der Waals surface area contributed by atoms with Crippen LogP contribution in [0.2, 0.25) is 0 Å². The van der Waals surface area contributed by atoms with E-state index in [9.17, 15) is 14.4 Å². The first-order chi connectivity index (χ1) is 16.2. The summed E-state index contributed by atoms with van der Waals surface area (Å²) in [6, 6.07) is 4.91. The Morgan fingerprint density at radius 2 is 1.54 bits per heavy atom. The van der Waals surface area contributed by atoms with Crippen molar-refractivity contribution in [1.29, 1.82) is 0 Å². The van der Waals surface area contributed by atoms with Gasteiger partial charge in [-0.1, -0.05) is 31.9 Å². The lowest BCUT2D eigenvalue weighted by Crippen LogP contribution is -2.55. The molecule has 1 aromatic rings. The molecule has 0 bridgehead atoms. The van der Waals surface area contributed by atoms with Gasteiger partial charge in [0.2, 0.25) is 11.8 Å². The maximum atomic E-state index is 13.8. The highest BCUT2D eigenvalue weighted by Crippen LogP contribution is 2.28. The van der Waals surface area contributed by atoms with Crippen LogP contribution in [0.4, 0.5) is 4.79 Å². The zero-order valence-electron chi connectivity index (χ0n) is 22.8. The van der Waals surface area contributed by atoms with Gasteiger partial charge >= 0.3 is 6.09 Å². The third kappa shape index (κ3) is 10.0. The van der Waals surface area contributed by atoms with Gasteiger partial charge in [-0.25, -0.2) is 4.79 Å². The number of hydrogen-bond donors (Lipinski definition) is 2. The second-order valence-electron chi connectivity index (χ2n) is 10.8. The Morgan fingerprint density at radius 3 is 2.00 bits per heavy atom. The fraction of sp³-hybridized carbons (Fsp3) is 0.607. The van der Waals surface area contributed by atoms with Crippen LogP contribution < -0.4 is 10.6 Å². The first-order valence-electron chi connectivity index (χ1n) is 12.3. The Kier molecular flexibility index (Phi) is 11.3. The van der Waals surface area contributed by atoms with Crippen molar-refractivity contribution in [3.63, 3.8) is 0 Å². The second-order valence-corrected chi connectivity index (χ2v) is 10.8. The Morgan fingerprint density at radius 1 is 0.971 bits per heavy atom. The van der Waals surface area contributed by atoms with E-state index in [4.69, 9.17) is 11.2 Å². The summed E-state index contributed by atoms with van der Waals surface area (Å²) in [5.74, 6) is 2.36. The van der Waals surface area contributed by atoms with Gasteiger partial charge in [0, 0.05) is 17.6 Å². The van der Waals surface area contributed by atoms with Gasteiger partial charge in [0.05, 0.1) is 0 Å². The molecule has 0 aromatic heterocycles. The van der Waals surface area contributed by atoms with Crippen molar-refractivity contribution in [2.75, 3.05) is 0 Å². The molecule has 0 radical (unpaired) electrons. The van der Waals surface area contributed by atoms with Crippen molar-refractivity contribution in [2.45, 2.75) is 105 Å². The maximum absolute atomic E-state index is 13.8. The average molecular weight is 486 g/mol. The van der Waals surface area contributed by atoms with Crippen molar-refractivity contribution >= 4 is 17.9 Å². The third-order valence-electron chi connectivity index (χ3n) is 5.35. The maximum Gasteiger partial charge on any atom is 0.408 e. The van der Waals surface area contributed by atoms with Crippen LogP contribution in [-0.4, -0.2) is 46.5 Å². The molecule has 0 aliphatic rings. The van der Waals surface area contributed by atoms with Crippen LogP contribution in [0.25, 0.3) is 0 Å². The number of benzene rings is 1. The van der Waals surface area contributed by atoms with Crippen molar-refractivity contribution in [1.82, 2.24) is 15.5 Å². The average Bonchev–Trinajstić information content (AvgIpc) is 2.73. The van der Waals surface area contributed by atoms with Crippen LogP contribution in [0.15, 0.2) is 24.3 Å². The SMILES string of the molecule is C#Cc1ccc(C(C(=O)NC(C)C)N(C(=O)C(C)NC(=O)OC(C)(C)C)C(C)CCC(C)C)cc1. The number of rotatable bonds is 10. The predicted molar refractivity (Wildman–Crippen MR) is 140 cm³/mol. The summed E-state index contributed by atoms with van der Waals surface area (Å²) in [6.45, 7) is 16.8. The second kappa shape index (κ2) is 13.2. The van der Waals surface area contributed by atoms with Gasteiger partial charge in [0.1, 0.15) is 17.7 Å². The van der Waals surface area contributed by atoms with Crippen molar-refractivity contribution in [2.24, 2.45) is 5.92 Å². The monoisotopic (exact) mass is 485 g/mol. The van der Waals surface area contributed by atoms with Gasteiger partial charge < -0.3 is 20.3 Å². The first-order valence-corrected chi connectivity index (χ1v) is 12.3. The van der Waals surface area contributed by atoms with Crippen LogP contribution >= 0.6 is 0 Å². The fourth-order valence-electron chi connectivity index (χ4n) is 3.65. The highest BCUT2D eigenvalue weighted by atomic mass is 16.6. The minimum Gasteiger partial charge on any atom is -0.444 e. The fourth-order valence-corrected chi connectivity index (χ4v) is 3.65. The number of nitrogens with zero attached hydrogens (tertiary/aromatic N) is 1. The van der Waals surface area contributed by atoms with E-state index in [1.165, 1.54) is 0 Å². The number of hydrogen-bond acceptors (Lipinski definition) is 4. The van der Waals surface area contributed by atoms with Crippen LogP contribution in [0.1, 0.15) is 92.3 Å². The van der Waals surface area contributed by atoms with Gasteiger partial charge in [-0.3, -0.25) is 9.59 Å². The predicted octanol–water partition coefficient (Wildman–Crippen LogP) is 4.80. The van der Waals surface area contributed by atoms with E-state index in [1.807, 2.05) is 20.8 Å². The Labute approximate surface area is 211 Å². The van der Waals surface area contributed by atoms with Gasteiger partial charge in [-0.2, -0.15) is 0 Å². The molecule has 0 spiro atoms. The minimum atomic E-state index is -0.898. The first kappa shape index (κ1) is 30.0. The lowest BCUT2D eigenvalue weighted by molar-refractivity contribution is -0.145. The van der Waals surface area contributed by atoms with Gasteiger partial charge in [0.15, 0.2) is 0 Å². The summed E-state index contributed by atoms with van der Waals surface area (Å²) < 4.78 is 5.33. The molecule has 0 fully saturated rings. The normalized spacial score (nSPS) is 14.0. The molecular formula is C28H43N3O4. The highest BCUT2D eigenvalue weighted by molar-refractivity contribution is 5.92. The van der Waals surface area contributed by atoms with E-state index in [0.717, 1.165) is 6.42 Å². The summed E-state index contributed by atoms with van der Waals surface area (Å²) >= 11 is 0. The minimum absolute atomic E-state index is 0.116. The molecule has 194 valence electrons. The largest absolute Gasteiger partial charge is 0.444 e. The molecule has 0 saturated heterocycles. The van der Waals surface area contributed by atoms with Crippen LogP contribution in [-0.2, 0) is 14.3 Å². The number of terminal acetylenes is 1. The molecular weight excluding hydrogens is 442 g/mol. The molecule has 3 atom stereocenters. The molecule has 0 aliphatic carbocycles. The Balaban J connectivity index is 3.45. The van der Waals surface area contributed by atoms with E-state index in [-0.39, 0.29) is 23.9 Å². The molecule has 1 aromatic carbocycles. The molecule has 3 amide bonds. The summed E-state index contributed by atoms with van der Waals surface area (Å²) in [4.78, 5) is 41.2. The third-order valence-corrected chi connectivity index (χ3v) is 5.35. The molecule has 0 heterocycles. The Hall–Kier alpha value is -3.01. The number of carbonyl (C=O) groups excluding carboxylic acids is 3. The zero-order valence-corrected chi connectivity index (χ0v) is 22.8. The lowest BCUT2D eigenvalue weighted by Gasteiger charge is -2.38. The summed E-state index contributed by atoms with van der Waals surface area (Å²) in [6.07, 6.45) is 6.41. The summed E-state index contributed by atoms with van der Waals surface area (Å²) in [5.41, 5.74) is 0.633. The number of alkyl carbamates (subject to hydrolysis) is 1. The number of ether oxygens (including phenoxy) is 1. The van der Waals surface area contributed by atoms with Gasteiger partial charge in [-0.05, 0) is 84.9 Å². The molecule has 2 N–H and O–H groups in total. The number of nitrogens with one attached hydrogen (secondary N) is 2.